The van der Waals surface area contributed by atoms with Crippen molar-refractivity contribution in [3.8, 4) is 6.07 Å². The molecule has 1 aliphatic rings. The number of hydrogen-bond acceptors (Lipinski definition) is 4. The van der Waals surface area contributed by atoms with Gasteiger partial charge in [0.2, 0.25) is 0 Å². The number of nitriles is 1. The van der Waals surface area contributed by atoms with E-state index >= 15 is 0 Å². The Labute approximate surface area is 151 Å². The van der Waals surface area contributed by atoms with E-state index in [0.29, 0.717) is 0 Å². The van der Waals surface area contributed by atoms with E-state index in [1.165, 1.54) is 5.01 Å². The number of amides is 1. The van der Waals surface area contributed by atoms with Crippen LogP contribution in [-0.2, 0) is 4.74 Å². The predicted octanol–water partition coefficient (Wildman–Crippen LogP) is 4.10. The molecule has 0 aromatic heterocycles. The monoisotopic (exact) mass is 343 g/mol. The number of rotatable bonds is 4. The molecule has 2 atom stereocenters. The minimum atomic E-state index is -0.656. The number of nitrogens with zero attached hydrogens (tertiary/aromatic N) is 2. The molecule has 1 N–H and O–H groups in total. The van der Waals surface area contributed by atoms with Gasteiger partial charge in [0.25, 0.3) is 0 Å². The molecule has 1 heterocycles. The Morgan fingerprint density at radius 2 is 1.77 bits per heavy atom. The zero-order valence-corrected chi connectivity index (χ0v) is 14.0. The number of hydrogen-bond donors (Lipinski definition) is 1. The van der Waals surface area contributed by atoms with E-state index < -0.39 is 12.1 Å². The maximum atomic E-state index is 12.2. The third-order valence-electron chi connectivity index (χ3n) is 4.56. The summed E-state index contributed by atoms with van der Waals surface area (Å²) in [5.41, 5.74) is 4.81. The third-order valence-corrected chi connectivity index (χ3v) is 4.56. The van der Waals surface area contributed by atoms with Gasteiger partial charge < -0.3 is 4.74 Å². The predicted molar refractivity (Wildman–Crippen MR) is 97.8 cm³/mol. The van der Waals surface area contributed by atoms with Crippen LogP contribution in [0.4, 0.5) is 4.79 Å². The molecule has 0 radical (unpaired) electrons. The minimum absolute atomic E-state index is 0.256. The maximum absolute atomic E-state index is 12.2. The fourth-order valence-corrected chi connectivity index (χ4v) is 3.19. The van der Waals surface area contributed by atoms with Gasteiger partial charge in [-0.25, -0.2) is 15.2 Å². The van der Waals surface area contributed by atoms with Crippen LogP contribution in [0.25, 0.3) is 10.8 Å². The molecule has 4 rings (SSSR count). The van der Waals surface area contributed by atoms with Gasteiger partial charge in [0.15, 0.2) is 0 Å². The SMILES string of the molecule is N#C[C@H](NN1C(=O)OC[C@@H]1c1ccccc1)c1ccc2ccccc2c1. The molecule has 1 aliphatic heterocycles. The van der Waals surface area contributed by atoms with Crippen molar-refractivity contribution in [2.24, 2.45) is 0 Å². The van der Waals surface area contributed by atoms with E-state index in [-0.39, 0.29) is 12.6 Å². The van der Waals surface area contributed by atoms with Gasteiger partial charge in [-0.3, -0.25) is 0 Å². The second-order valence-corrected chi connectivity index (χ2v) is 6.17. The first-order valence-corrected chi connectivity index (χ1v) is 8.41. The van der Waals surface area contributed by atoms with Crippen LogP contribution in [0, 0.1) is 11.3 Å². The van der Waals surface area contributed by atoms with Crippen molar-refractivity contribution in [1.29, 1.82) is 5.26 Å². The fourth-order valence-electron chi connectivity index (χ4n) is 3.19. The first-order chi connectivity index (χ1) is 12.8. The summed E-state index contributed by atoms with van der Waals surface area (Å²) in [7, 11) is 0. The molecule has 0 unspecified atom stereocenters. The van der Waals surface area contributed by atoms with E-state index in [1.807, 2.05) is 72.8 Å². The highest BCUT2D eigenvalue weighted by Gasteiger charge is 2.36. The highest BCUT2D eigenvalue weighted by molar-refractivity contribution is 5.83. The van der Waals surface area contributed by atoms with Crippen molar-refractivity contribution in [2.75, 3.05) is 6.61 Å². The van der Waals surface area contributed by atoms with Gasteiger partial charge in [-0.2, -0.15) is 5.26 Å². The zero-order valence-electron chi connectivity index (χ0n) is 14.0. The fraction of sp³-hybridized carbons (Fsp3) is 0.143. The van der Waals surface area contributed by atoms with Gasteiger partial charge >= 0.3 is 6.09 Å². The standard InChI is InChI=1S/C21H17N3O2/c22-13-19(18-11-10-15-6-4-5-9-17(15)12-18)23-24-20(14-26-21(24)25)16-7-2-1-3-8-16/h1-12,19-20,23H,14H2/t19-,20+/m0/s1. The Hall–Kier alpha value is -3.36. The molecule has 0 saturated carbocycles. The van der Waals surface area contributed by atoms with E-state index in [4.69, 9.17) is 4.74 Å². The topological polar surface area (TPSA) is 65.4 Å². The van der Waals surface area contributed by atoms with Crippen LogP contribution < -0.4 is 5.43 Å². The Kier molecular flexibility index (Phi) is 4.26. The first-order valence-electron chi connectivity index (χ1n) is 8.41. The summed E-state index contributed by atoms with van der Waals surface area (Å²) in [4.78, 5) is 12.2. The van der Waals surface area contributed by atoms with Gasteiger partial charge in [-0.05, 0) is 28.0 Å². The van der Waals surface area contributed by atoms with Gasteiger partial charge in [0.05, 0.1) is 6.07 Å². The van der Waals surface area contributed by atoms with Gasteiger partial charge in [0.1, 0.15) is 18.7 Å². The molecule has 5 heteroatoms. The normalized spacial score (nSPS) is 17.7. The molecule has 0 aliphatic carbocycles. The number of carbonyl (C=O) groups is 1. The summed E-state index contributed by atoms with van der Waals surface area (Å²) in [5.74, 6) is 0. The van der Waals surface area contributed by atoms with E-state index in [1.54, 1.807) is 0 Å². The summed E-state index contributed by atoms with van der Waals surface area (Å²) in [6, 6.07) is 24.8. The van der Waals surface area contributed by atoms with Crippen molar-refractivity contribution in [2.45, 2.75) is 12.1 Å². The number of benzene rings is 3. The first kappa shape index (κ1) is 16.1. The number of cyclic esters (lactones) is 1. The average molecular weight is 343 g/mol. The Balaban J connectivity index is 1.62. The molecule has 3 aromatic rings. The molecule has 5 nitrogen and oxygen atoms in total. The molecule has 0 bridgehead atoms. The van der Waals surface area contributed by atoms with Crippen LogP contribution in [0.3, 0.4) is 0 Å². The molecular formula is C21H17N3O2. The lowest BCUT2D eigenvalue weighted by molar-refractivity contribution is 0.136. The molecule has 1 fully saturated rings. The lowest BCUT2D eigenvalue weighted by Gasteiger charge is -2.25. The van der Waals surface area contributed by atoms with E-state index in [9.17, 15) is 10.1 Å². The highest BCUT2D eigenvalue weighted by Crippen LogP contribution is 2.28. The van der Waals surface area contributed by atoms with Crippen molar-refractivity contribution in [3.63, 3.8) is 0 Å². The molecule has 3 aromatic carbocycles. The van der Waals surface area contributed by atoms with Gasteiger partial charge in [-0.1, -0.05) is 66.7 Å². The Morgan fingerprint density at radius 1 is 1.04 bits per heavy atom. The highest BCUT2D eigenvalue weighted by atomic mass is 16.6. The van der Waals surface area contributed by atoms with Crippen molar-refractivity contribution in [3.05, 3.63) is 83.9 Å². The van der Waals surface area contributed by atoms with Crippen LogP contribution in [0.1, 0.15) is 23.2 Å². The number of ether oxygens (including phenoxy) is 1. The van der Waals surface area contributed by atoms with Gasteiger partial charge in [0, 0.05) is 0 Å². The molecule has 26 heavy (non-hydrogen) atoms. The summed E-state index contributed by atoms with van der Waals surface area (Å²) in [5, 5.41) is 13.2. The lowest BCUT2D eigenvalue weighted by Crippen LogP contribution is -2.42. The average Bonchev–Trinajstić information content (AvgIpc) is 3.06. The summed E-state index contributed by atoms with van der Waals surface area (Å²) >= 11 is 0. The second-order valence-electron chi connectivity index (χ2n) is 6.17. The van der Waals surface area contributed by atoms with Crippen LogP contribution in [0.2, 0.25) is 0 Å². The third kappa shape index (κ3) is 2.99. The Bertz CT molecular complexity index is 981. The smallest absolute Gasteiger partial charge is 0.425 e. The maximum Gasteiger partial charge on any atom is 0.425 e. The van der Waals surface area contributed by atoms with Crippen LogP contribution in [0.5, 0.6) is 0 Å². The van der Waals surface area contributed by atoms with Crippen molar-refractivity contribution in [1.82, 2.24) is 10.4 Å². The molecule has 0 spiro atoms. The lowest BCUT2D eigenvalue weighted by atomic mass is 10.0. The zero-order chi connectivity index (χ0) is 17.9. The second kappa shape index (κ2) is 6.87. The van der Waals surface area contributed by atoms with Crippen LogP contribution >= 0.6 is 0 Å². The van der Waals surface area contributed by atoms with Crippen LogP contribution in [0.15, 0.2) is 72.8 Å². The molecule has 1 saturated heterocycles. The minimum Gasteiger partial charge on any atom is -0.446 e. The van der Waals surface area contributed by atoms with E-state index in [0.717, 1.165) is 21.9 Å². The van der Waals surface area contributed by atoms with Gasteiger partial charge in [-0.15, -0.1) is 0 Å². The largest absolute Gasteiger partial charge is 0.446 e. The quantitative estimate of drug-likeness (QED) is 0.774. The van der Waals surface area contributed by atoms with Crippen LogP contribution in [-0.4, -0.2) is 17.7 Å². The number of nitrogens with one attached hydrogen (secondary N) is 1. The molecular weight excluding hydrogens is 326 g/mol. The molecule has 128 valence electrons. The summed E-state index contributed by atoms with van der Waals surface area (Å²) < 4.78 is 5.20. The number of hydrazine groups is 1. The van der Waals surface area contributed by atoms with Crippen molar-refractivity contribution >= 4 is 16.9 Å². The summed E-state index contributed by atoms with van der Waals surface area (Å²) in [6.07, 6.45) is -0.472. The Morgan fingerprint density at radius 3 is 2.54 bits per heavy atom. The van der Waals surface area contributed by atoms with E-state index in [2.05, 4.69) is 11.5 Å². The molecule has 1 amide bonds. The van der Waals surface area contributed by atoms with Crippen molar-refractivity contribution < 1.29 is 9.53 Å². The summed E-state index contributed by atoms with van der Waals surface area (Å²) in [6.45, 7) is 0.256. The number of fused-ring (bicyclic) bond motifs is 1. The number of carbonyl (C=O) groups excluding carboxylic acids is 1.